The number of rotatable bonds is 2. The summed E-state index contributed by atoms with van der Waals surface area (Å²) in [4.78, 5) is 1.67. The van der Waals surface area contributed by atoms with Gasteiger partial charge in [-0.25, -0.2) is 0 Å². The first-order valence-corrected chi connectivity index (χ1v) is 9.82. The van der Waals surface area contributed by atoms with Crippen molar-refractivity contribution < 1.29 is 4.90 Å². The molecular formula is C12H13Br5N+. The monoisotopic (exact) mass is 566 g/mol. The third-order valence-corrected chi connectivity index (χ3v) is 9.55. The highest BCUT2D eigenvalue weighted by Crippen LogP contribution is 2.44. The summed E-state index contributed by atoms with van der Waals surface area (Å²) in [5.74, 6) is 0. The molecule has 0 aromatic heterocycles. The summed E-state index contributed by atoms with van der Waals surface area (Å²) in [5.41, 5.74) is 1.33. The number of quaternary nitrogens is 1. The van der Waals surface area contributed by atoms with E-state index in [9.17, 15) is 0 Å². The highest BCUT2D eigenvalue weighted by Gasteiger charge is 2.22. The van der Waals surface area contributed by atoms with Crippen molar-refractivity contribution in [3.63, 3.8) is 0 Å². The van der Waals surface area contributed by atoms with E-state index in [0.717, 1.165) is 28.9 Å². The van der Waals surface area contributed by atoms with Crippen molar-refractivity contribution in [2.24, 2.45) is 0 Å². The van der Waals surface area contributed by atoms with Crippen LogP contribution in [-0.2, 0) is 6.54 Å². The lowest BCUT2D eigenvalue weighted by Gasteiger charge is -2.25. The van der Waals surface area contributed by atoms with Crippen LogP contribution in [0.2, 0.25) is 0 Å². The average molecular weight is 571 g/mol. The average Bonchev–Trinajstić information content (AvgIpc) is 2.40. The van der Waals surface area contributed by atoms with Gasteiger partial charge in [0.15, 0.2) is 0 Å². The lowest BCUT2D eigenvalue weighted by Crippen LogP contribution is -3.11. The topological polar surface area (TPSA) is 4.44 Å². The Morgan fingerprint density at radius 2 is 1.11 bits per heavy atom. The van der Waals surface area contributed by atoms with Gasteiger partial charge in [0.1, 0.15) is 6.54 Å². The molecule has 0 bridgehead atoms. The van der Waals surface area contributed by atoms with Gasteiger partial charge in [-0.3, -0.25) is 0 Å². The SMILES string of the molecule is Brc1c(Br)c(Br)c(C[NH+]2CCCCC2)c(Br)c1Br. The van der Waals surface area contributed by atoms with Crippen molar-refractivity contribution in [1.82, 2.24) is 0 Å². The number of halogens is 5. The molecule has 0 spiro atoms. The second-order valence-corrected chi connectivity index (χ2v) is 8.50. The number of benzene rings is 1. The van der Waals surface area contributed by atoms with E-state index in [4.69, 9.17) is 0 Å². The minimum absolute atomic E-state index is 1.04. The van der Waals surface area contributed by atoms with Crippen LogP contribution in [-0.4, -0.2) is 13.1 Å². The van der Waals surface area contributed by atoms with Gasteiger partial charge in [-0.15, -0.1) is 0 Å². The fourth-order valence-electron chi connectivity index (χ4n) is 2.28. The minimum Gasteiger partial charge on any atom is -0.331 e. The second kappa shape index (κ2) is 7.03. The van der Waals surface area contributed by atoms with Gasteiger partial charge in [-0.05, 0) is 98.9 Å². The fraction of sp³-hybridized carbons (Fsp3) is 0.500. The first-order chi connectivity index (χ1) is 8.52. The van der Waals surface area contributed by atoms with E-state index >= 15 is 0 Å². The molecule has 1 fully saturated rings. The maximum Gasteiger partial charge on any atom is 0.105 e. The van der Waals surface area contributed by atoms with Gasteiger partial charge in [0.05, 0.1) is 13.1 Å². The van der Waals surface area contributed by atoms with Crippen molar-refractivity contribution in [2.75, 3.05) is 13.1 Å². The third kappa shape index (κ3) is 3.42. The van der Waals surface area contributed by atoms with Gasteiger partial charge >= 0.3 is 0 Å². The number of piperidine rings is 1. The highest BCUT2D eigenvalue weighted by atomic mass is 79.9. The molecule has 1 aliphatic heterocycles. The van der Waals surface area contributed by atoms with Gasteiger partial charge in [-0.1, -0.05) is 0 Å². The zero-order valence-corrected chi connectivity index (χ0v) is 17.6. The summed E-state index contributed by atoms with van der Waals surface area (Å²) < 4.78 is 5.47. The summed E-state index contributed by atoms with van der Waals surface area (Å²) in [5, 5.41) is 0. The quantitative estimate of drug-likeness (QED) is 0.374. The van der Waals surface area contributed by atoms with Gasteiger partial charge in [0.2, 0.25) is 0 Å². The first-order valence-electron chi connectivity index (χ1n) is 5.86. The number of nitrogens with one attached hydrogen (secondary N) is 1. The smallest absolute Gasteiger partial charge is 0.105 e. The molecule has 0 saturated carbocycles. The third-order valence-electron chi connectivity index (χ3n) is 3.29. The molecule has 1 N–H and O–H groups in total. The molecule has 1 aliphatic rings. The number of hydrogen-bond acceptors (Lipinski definition) is 0. The zero-order chi connectivity index (χ0) is 13.3. The van der Waals surface area contributed by atoms with Crippen molar-refractivity contribution in [1.29, 1.82) is 0 Å². The molecule has 1 saturated heterocycles. The Kier molecular flexibility index (Phi) is 6.23. The van der Waals surface area contributed by atoms with Gasteiger partial charge in [-0.2, -0.15) is 0 Å². The van der Waals surface area contributed by atoms with Crippen LogP contribution in [0.4, 0.5) is 0 Å². The van der Waals surface area contributed by atoms with Crippen LogP contribution in [0.25, 0.3) is 0 Å². The largest absolute Gasteiger partial charge is 0.331 e. The Morgan fingerprint density at radius 1 is 0.667 bits per heavy atom. The maximum absolute atomic E-state index is 3.70. The summed E-state index contributed by atoms with van der Waals surface area (Å²) in [6, 6.07) is 0. The molecule has 0 aliphatic carbocycles. The lowest BCUT2D eigenvalue weighted by molar-refractivity contribution is -0.918. The van der Waals surface area contributed by atoms with E-state index < -0.39 is 0 Å². The van der Waals surface area contributed by atoms with E-state index in [1.807, 2.05) is 0 Å². The minimum atomic E-state index is 1.04. The van der Waals surface area contributed by atoms with Crippen LogP contribution in [0.5, 0.6) is 0 Å². The number of hydrogen-bond donors (Lipinski definition) is 1. The Labute approximate surface area is 150 Å². The maximum atomic E-state index is 3.70. The van der Waals surface area contributed by atoms with Crippen molar-refractivity contribution in [2.45, 2.75) is 25.8 Å². The summed E-state index contributed by atoms with van der Waals surface area (Å²) in [6.45, 7) is 3.63. The molecule has 0 radical (unpaired) electrons. The van der Waals surface area contributed by atoms with Crippen LogP contribution in [0, 0.1) is 0 Å². The van der Waals surface area contributed by atoms with E-state index in [-0.39, 0.29) is 0 Å². The lowest BCUT2D eigenvalue weighted by atomic mass is 10.1. The van der Waals surface area contributed by atoms with Crippen LogP contribution < -0.4 is 4.90 Å². The zero-order valence-electron chi connectivity index (χ0n) is 9.63. The molecule has 0 atom stereocenters. The standard InChI is InChI=1S/C12H12Br5N/c13-8-7(6-18-4-2-1-3-5-18)9(14)11(16)12(17)10(8)15/h1-6H2/p+1. The molecule has 18 heavy (non-hydrogen) atoms. The predicted octanol–water partition coefficient (Wildman–Crippen LogP) is 5.07. The van der Waals surface area contributed by atoms with Crippen LogP contribution >= 0.6 is 79.6 Å². The van der Waals surface area contributed by atoms with Gasteiger partial charge in [0.25, 0.3) is 0 Å². The predicted molar refractivity (Wildman–Crippen MR) is 93.2 cm³/mol. The van der Waals surface area contributed by atoms with Gasteiger partial charge < -0.3 is 4.90 Å². The molecule has 1 nitrogen and oxygen atoms in total. The van der Waals surface area contributed by atoms with Crippen LogP contribution in [0.15, 0.2) is 22.4 Å². The summed E-state index contributed by atoms with van der Waals surface area (Å²) in [6.07, 6.45) is 4.09. The van der Waals surface area contributed by atoms with Crippen molar-refractivity contribution in [3.05, 3.63) is 27.9 Å². The molecule has 6 heteroatoms. The van der Waals surface area contributed by atoms with E-state index in [1.54, 1.807) is 4.90 Å². The molecule has 1 aromatic rings. The Hall–Kier alpha value is 1.58. The normalized spacial score (nSPS) is 17.2. The van der Waals surface area contributed by atoms with E-state index in [0.29, 0.717) is 0 Å². The Morgan fingerprint density at radius 3 is 1.61 bits per heavy atom. The fourth-order valence-corrected chi connectivity index (χ4v) is 5.69. The van der Waals surface area contributed by atoms with E-state index in [2.05, 4.69) is 79.6 Å². The second-order valence-electron chi connectivity index (χ2n) is 4.54. The molecule has 0 amide bonds. The van der Waals surface area contributed by atoms with Gasteiger partial charge in [0, 0.05) is 27.9 Å². The first kappa shape index (κ1) is 16.0. The molecule has 100 valence electrons. The highest BCUT2D eigenvalue weighted by molar-refractivity contribution is 9.15. The summed E-state index contributed by atoms with van der Waals surface area (Å²) >= 11 is 18.2. The molecule has 1 heterocycles. The van der Waals surface area contributed by atoms with Crippen molar-refractivity contribution in [3.8, 4) is 0 Å². The van der Waals surface area contributed by atoms with Crippen molar-refractivity contribution >= 4 is 79.6 Å². The van der Waals surface area contributed by atoms with E-state index in [1.165, 1.54) is 37.9 Å². The molecular weight excluding hydrogens is 558 g/mol. The number of likely N-dealkylation sites (tertiary alicyclic amines) is 1. The summed E-state index contributed by atoms with van der Waals surface area (Å²) in [7, 11) is 0. The van der Waals surface area contributed by atoms with Crippen LogP contribution in [0.3, 0.4) is 0 Å². The molecule has 0 unspecified atom stereocenters. The Balaban J connectivity index is 2.32. The van der Waals surface area contributed by atoms with Crippen LogP contribution in [0.1, 0.15) is 24.8 Å². The molecule has 1 aromatic carbocycles. The Bertz CT molecular complexity index is 425. The molecule has 2 rings (SSSR count).